The van der Waals surface area contributed by atoms with Gasteiger partial charge in [-0.2, -0.15) is 0 Å². The van der Waals surface area contributed by atoms with Gasteiger partial charge in [-0.25, -0.2) is 4.79 Å². The third-order valence-corrected chi connectivity index (χ3v) is 2.61. The molecule has 7 nitrogen and oxygen atoms in total. The molecule has 0 radical (unpaired) electrons. The first-order chi connectivity index (χ1) is 8.59. The van der Waals surface area contributed by atoms with Gasteiger partial charge in [0.05, 0.1) is 17.7 Å². The van der Waals surface area contributed by atoms with Crippen molar-refractivity contribution < 1.29 is 19.5 Å². The van der Waals surface area contributed by atoms with Crippen molar-refractivity contribution in [1.82, 2.24) is 15.2 Å². The van der Waals surface area contributed by atoms with E-state index >= 15 is 0 Å². The lowest BCUT2D eigenvalue weighted by molar-refractivity contribution is -0.123. The van der Waals surface area contributed by atoms with Gasteiger partial charge in [-0.15, -0.1) is 0 Å². The number of hydrogen-bond acceptors (Lipinski definition) is 4. The number of piperazine rings is 1. The molecule has 0 aromatic carbocycles. The van der Waals surface area contributed by atoms with Crippen LogP contribution in [0.5, 0.6) is 0 Å². The summed E-state index contributed by atoms with van der Waals surface area (Å²) in [4.78, 5) is 39.3. The maximum Gasteiger partial charge on any atom is 0.338 e. The van der Waals surface area contributed by atoms with E-state index in [0.29, 0.717) is 13.1 Å². The number of aromatic carboxylic acids is 1. The van der Waals surface area contributed by atoms with E-state index in [1.807, 2.05) is 0 Å². The highest BCUT2D eigenvalue weighted by Gasteiger charge is 2.25. The lowest BCUT2D eigenvalue weighted by Gasteiger charge is -2.27. The Morgan fingerprint density at radius 1 is 1.39 bits per heavy atom. The third-order valence-electron chi connectivity index (χ3n) is 2.61. The highest BCUT2D eigenvalue weighted by atomic mass is 16.4. The molecule has 1 aromatic rings. The minimum atomic E-state index is -1.21. The molecule has 0 spiro atoms. The highest BCUT2D eigenvalue weighted by molar-refractivity contribution is 6.05. The highest BCUT2D eigenvalue weighted by Crippen LogP contribution is 2.11. The molecule has 1 saturated heterocycles. The van der Waals surface area contributed by atoms with Gasteiger partial charge >= 0.3 is 5.97 Å². The van der Waals surface area contributed by atoms with Crippen molar-refractivity contribution >= 4 is 17.8 Å². The molecule has 0 unspecified atom stereocenters. The summed E-state index contributed by atoms with van der Waals surface area (Å²) in [6, 6.07) is 1.35. The molecular weight excluding hydrogens is 238 g/mol. The zero-order chi connectivity index (χ0) is 13.1. The molecule has 1 aliphatic rings. The van der Waals surface area contributed by atoms with E-state index in [1.165, 1.54) is 17.2 Å². The average Bonchev–Trinajstić information content (AvgIpc) is 2.38. The Morgan fingerprint density at radius 3 is 2.83 bits per heavy atom. The van der Waals surface area contributed by atoms with Crippen LogP contribution in [0.25, 0.3) is 0 Å². The molecule has 1 aliphatic heterocycles. The molecule has 0 bridgehead atoms. The molecule has 0 atom stereocenters. The predicted molar refractivity (Wildman–Crippen MR) is 60.1 cm³/mol. The number of nitrogens with one attached hydrogen (secondary N) is 1. The van der Waals surface area contributed by atoms with Crippen LogP contribution in [0.15, 0.2) is 18.5 Å². The van der Waals surface area contributed by atoms with Crippen LogP contribution in [0.2, 0.25) is 0 Å². The molecule has 0 saturated carbocycles. The third kappa shape index (κ3) is 2.29. The molecule has 2 N–H and O–H groups in total. The van der Waals surface area contributed by atoms with Crippen LogP contribution in [0, 0.1) is 0 Å². The van der Waals surface area contributed by atoms with Crippen molar-refractivity contribution in [2.45, 2.75) is 0 Å². The van der Waals surface area contributed by atoms with E-state index < -0.39 is 11.9 Å². The Morgan fingerprint density at radius 2 is 2.17 bits per heavy atom. The average molecular weight is 249 g/mol. The van der Waals surface area contributed by atoms with Crippen LogP contribution >= 0.6 is 0 Å². The summed E-state index contributed by atoms with van der Waals surface area (Å²) >= 11 is 0. The lowest BCUT2D eigenvalue weighted by Crippen LogP contribution is -2.50. The SMILES string of the molecule is O=C1CN(C(=O)c2ccncc2C(=O)O)CCN1. The van der Waals surface area contributed by atoms with Gasteiger partial charge in [0.2, 0.25) is 5.91 Å². The molecule has 7 heteroatoms. The van der Waals surface area contributed by atoms with E-state index in [-0.39, 0.29) is 23.6 Å². The molecule has 0 aliphatic carbocycles. The summed E-state index contributed by atoms with van der Waals surface area (Å²) in [6.45, 7) is 0.685. The number of amides is 2. The van der Waals surface area contributed by atoms with Crippen molar-refractivity contribution in [3.63, 3.8) is 0 Å². The number of hydrogen-bond donors (Lipinski definition) is 2. The number of carbonyl (C=O) groups is 3. The topological polar surface area (TPSA) is 99.6 Å². The first kappa shape index (κ1) is 12.0. The smallest absolute Gasteiger partial charge is 0.338 e. The van der Waals surface area contributed by atoms with E-state index in [1.54, 1.807) is 0 Å². The summed E-state index contributed by atoms with van der Waals surface area (Å²) in [6.07, 6.45) is 2.48. The van der Waals surface area contributed by atoms with Crippen LogP contribution in [0.1, 0.15) is 20.7 Å². The Hall–Kier alpha value is -2.44. The number of pyridine rings is 1. The first-order valence-corrected chi connectivity index (χ1v) is 5.33. The van der Waals surface area contributed by atoms with Gasteiger partial charge in [0.1, 0.15) is 0 Å². The van der Waals surface area contributed by atoms with E-state index in [9.17, 15) is 14.4 Å². The van der Waals surface area contributed by atoms with Crippen LogP contribution in [-0.4, -0.2) is 52.4 Å². The summed E-state index contributed by atoms with van der Waals surface area (Å²) in [5, 5.41) is 11.6. The molecule has 2 rings (SSSR count). The fraction of sp³-hybridized carbons (Fsp3) is 0.273. The molecule has 2 heterocycles. The summed E-state index contributed by atoms with van der Waals surface area (Å²) < 4.78 is 0. The van der Waals surface area contributed by atoms with Crippen LogP contribution in [-0.2, 0) is 4.79 Å². The van der Waals surface area contributed by atoms with Gasteiger partial charge in [-0.1, -0.05) is 0 Å². The first-order valence-electron chi connectivity index (χ1n) is 5.33. The maximum absolute atomic E-state index is 12.1. The monoisotopic (exact) mass is 249 g/mol. The minimum absolute atomic E-state index is 0.0483. The van der Waals surface area contributed by atoms with Crippen LogP contribution < -0.4 is 5.32 Å². The van der Waals surface area contributed by atoms with Gasteiger partial charge in [0.25, 0.3) is 5.91 Å². The minimum Gasteiger partial charge on any atom is -0.478 e. The number of aromatic nitrogens is 1. The van der Waals surface area contributed by atoms with Crippen molar-refractivity contribution in [3.8, 4) is 0 Å². The van der Waals surface area contributed by atoms with Gasteiger partial charge in [-0.05, 0) is 6.07 Å². The van der Waals surface area contributed by atoms with Gasteiger partial charge in [-0.3, -0.25) is 14.6 Å². The molecular formula is C11H11N3O4. The van der Waals surface area contributed by atoms with Crippen molar-refractivity contribution in [1.29, 1.82) is 0 Å². The van der Waals surface area contributed by atoms with Crippen LogP contribution in [0.3, 0.4) is 0 Å². The zero-order valence-corrected chi connectivity index (χ0v) is 9.42. The predicted octanol–water partition coefficient (Wildman–Crippen LogP) is -0.648. The molecule has 1 fully saturated rings. The van der Waals surface area contributed by atoms with Crippen molar-refractivity contribution in [3.05, 3.63) is 29.6 Å². The van der Waals surface area contributed by atoms with Gasteiger partial charge in [0, 0.05) is 25.5 Å². The zero-order valence-electron chi connectivity index (χ0n) is 9.42. The second kappa shape index (κ2) is 4.82. The number of nitrogens with zero attached hydrogens (tertiary/aromatic N) is 2. The summed E-state index contributed by atoms with van der Waals surface area (Å²) in [7, 11) is 0. The van der Waals surface area contributed by atoms with Gasteiger partial charge < -0.3 is 15.3 Å². The Balaban J connectivity index is 2.28. The molecule has 94 valence electrons. The normalized spacial score (nSPS) is 15.1. The number of rotatable bonds is 2. The van der Waals surface area contributed by atoms with Crippen molar-refractivity contribution in [2.75, 3.05) is 19.6 Å². The molecule has 18 heavy (non-hydrogen) atoms. The van der Waals surface area contributed by atoms with E-state index in [2.05, 4.69) is 10.3 Å². The maximum atomic E-state index is 12.1. The van der Waals surface area contributed by atoms with Crippen LogP contribution in [0.4, 0.5) is 0 Å². The number of carbonyl (C=O) groups excluding carboxylic acids is 2. The summed E-state index contributed by atoms with van der Waals surface area (Å²) in [5.74, 6) is -1.93. The standard InChI is InChI=1S/C11H11N3O4/c15-9-6-14(4-3-13-9)10(16)7-1-2-12-5-8(7)11(17)18/h1-2,5H,3-4,6H2,(H,13,15)(H,17,18). The quantitative estimate of drug-likeness (QED) is 0.725. The molecule has 1 aromatic heterocycles. The van der Waals surface area contributed by atoms with E-state index in [4.69, 9.17) is 5.11 Å². The summed E-state index contributed by atoms with van der Waals surface area (Å²) in [5.41, 5.74) is -0.110. The second-order valence-electron chi connectivity index (χ2n) is 3.80. The van der Waals surface area contributed by atoms with Crippen molar-refractivity contribution in [2.24, 2.45) is 0 Å². The Kier molecular flexibility index (Phi) is 3.22. The fourth-order valence-electron chi connectivity index (χ4n) is 1.73. The lowest BCUT2D eigenvalue weighted by atomic mass is 10.1. The Labute approximate surface area is 102 Å². The molecule has 2 amide bonds. The number of carboxylic acids is 1. The van der Waals surface area contributed by atoms with Gasteiger partial charge in [0.15, 0.2) is 0 Å². The van der Waals surface area contributed by atoms with E-state index in [0.717, 1.165) is 6.20 Å². The fourth-order valence-corrected chi connectivity index (χ4v) is 1.73. The largest absolute Gasteiger partial charge is 0.478 e. The number of carboxylic acid groups (broad SMARTS) is 1. The Bertz CT molecular complexity index is 515. The second-order valence-corrected chi connectivity index (χ2v) is 3.80.